The molecule has 0 aliphatic heterocycles. The quantitative estimate of drug-likeness (QED) is 0.788. The van der Waals surface area contributed by atoms with Crippen LogP contribution in [0, 0.1) is 17.2 Å². The Hall–Kier alpha value is -1.75. The molecular weight excluding hydrogens is 184 g/mol. The number of rotatable bonds is 2. The fraction of sp³-hybridized carbons (Fsp3) is 0.308. The number of hydrogen-bond acceptors (Lipinski definition) is 1. The van der Waals surface area contributed by atoms with Crippen molar-refractivity contribution in [2.24, 2.45) is 5.92 Å². The molecule has 1 aromatic heterocycles. The number of nitrogens with zero attached hydrogens (tertiary/aromatic N) is 1. The van der Waals surface area contributed by atoms with E-state index in [1.165, 1.54) is 5.39 Å². The number of hydrogen-bond donors (Lipinski definition) is 1. The topological polar surface area (TPSA) is 39.6 Å². The molecule has 0 aliphatic rings. The molecule has 15 heavy (non-hydrogen) atoms. The van der Waals surface area contributed by atoms with Crippen molar-refractivity contribution in [2.75, 3.05) is 0 Å². The number of nitriles is 1. The Kier molecular flexibility index (Phi) is 2.47. The number of H-pyrrole nitrogens is 1. The molecule has 1 N–H and O–H groups in total. The average molecular weight is 198 g/mol. The van der Waals surface area contributed by atoms with Gasteiger partial charge in [0.1, 0.15) is 0 Å². The van der Waals surface area contributed by atoms with Crippen molar-refractivity contribution in [3.63, 3.8) is 0 Å². The third-order valence-electron chi connectivity index (χ3n) is 2.69. The van der Waals surface area contributed by atoms with Crippen LogP contribution in [0.1, 0.15) is 25.5 Å². The van der Waals surface area contributed by atoms with E-state index in [1.54, 1.807) is 0 Å². The van der Waals surface area contributed by atoms with Gasteiger partial charge in [-0.15, -0.1) is 0 Å². The Balaban J connectivity index is 2.49. The van der Waals surface area contributed by atoms with Gasteiger partial charge in [-0.2, -0.15) is 5.26 Å². The van der Waals surface area contributed by atoms with Gasteiger partial charge in [0.25, 0.3) is 0 Å². The standard InChI is InChI=1S/C13H14N2/c1-9(2)11(8-14)13-7-10-5-3-4-6-12(10)15-13/h3-7,9,11,15H,1-2H3. The predicted octanol–water partition coefficient (Wildman–Crippen LogP) is 3.43. The molecular formula is C13H14N2. The summed E-state index contributed by atoms with van der Waals surface area (Å²) in [6.45, 7) is 4.14. The monoisotopic (exact) mass is 198 g/mol. The van der Waals surface area contributed by atoms with E-state index in [-0.39, 0.29) is 5.92 Å². The zero-order valence-corrected chi connectivity index (χ0v) is 8.99. The molecule has 0 fully saturated rings. The number of nitrogens with one attached hydrogen (secondary N) is 1. The van der Waals surface area contributed by atoms with E-state index >= 15 is 0 Å². The molecule has 2 heteroatoms. The van der Waals surface area contributed by atoms with Crippen molar-refractivity contribution in [1.82, 2.24) is 4.98 Å². The van der Waals surface area contributed by atoms with Crippen LogP contribution in [-0.4, -0.2) is 4.98 Å². The largest absolute Gasteiger partial charge is 0.357 e. The lowest BCUT2D eigenvalue weighted by atomic mass is 9.94. The molecule has 2 rings (SSSR count). The van der Waals surface area contributed by atoms with Gasteiger partial charge >= 0.3 is 0 Å². The van der Waals surface area contributed by atoms with Crippen LogP contribution in [0.3, 0.4) is 0 Å². The summed E-state index contributed by atoms with van der Waals surface area (Å²) in [6, 6.07) is 12.5. The molecule has 2 aromatic rings. The van der Waals surface area contributed by atoms with Crippen molar-refractivity contribution in [1.29, 1.82) is 5.26 Å². The Morgan fingerprint density at radius 3 is 2.60 bits per heavy atom. The van der Waals surface area contributed by atoms with Crippen LogP contribution < -0.4 is 0 Å². The van der Waals surface area contributed by atoms with Gasteiger partial charge in [-0.1, -0.05) is 32.0 Å². The predicted molar refractivity (Wildman–Crippen MR) is 61.5 cm³/mol. The first kappa shape index (κ1) is 9.79. The lowest BCUT2D eigenvalue weighted by Crippen LogP contribution is -2.03. The summed E-state index contributed by atoms with van der Waals surface area (Å²) < 4.78 is 0. The lowest BCUT2D eigenvalue weighted by Gasteiger charge is -2.10. The summed E-state index contributed by atoms with van der Waals surface area (Å²) in [5, 5.41) is 10.3. The second-order valence-electron chi connectivity index (χ2n) is 4.16. The zero-order chi connectivity index (χ0) is 10.8. The summed E-state index contributed by atoms with van der Waals surface area (Å²) in [6.07, 6.45) is 0. The minimum Gasteiger partial charge on any atom is -0.357 e. The van der Waals surface area contributed by atoms with Crippen molar-refractivity contribution in [3.05, 3.63) is 36.0 Å². The van der Waals surface area contributed by atoms with Crippen molar-refractivity contribution < 1.29 is 0 Å². The Labute approximate surface area is 89.5 Å². The SMILES string of the molecule is CC(C)C(C#N)c1cc2ccccc2[nH]1. The maximum absolute atomic E-state index is 9.11. The molecule has 0 aliphatic carbocycles. The third kappa shape index (κ3) is 1.73. The molecule has 0 saturated heterocycles. The normalized spacial score (nSPS) is 12.9. The van der Waals surface area contributed by atoms with E-state index in [0.29, 0.717) is 5.92 Å². The molecule has 0 radical (unpaired) electrons. The molecule has 0 saturated carbocycles. The minimum atomic E-state index is -0.0441. The first-order valence-corrected chi connectivity index (χ1v) is 5.19. The second-order valence-corrected chi connectivity index (χ2v) is 4.16. The van der Waals surface area contributed by atoms with Gasteiger partial charge in [-0.05, 0) is 23.4 Å². The van der Waals surface area contributed by atoms with Gasteiger partial charge in [0.2, 0.25) is 0 Å². The smallest absolute Gasteiger partial charge is 0.0885 e. The second kappa shape index (κ2) is 3.78. The van der Waals surface area contributed by atoms with E-state index in [4.69, 9.17) is 5.26 Å². The summed E-state index contributed by atoms with van der Waals surface area (Å²) >= 11 is 0. The van der Waals surface area contributed by atoms with Gasteiger partial charge in [0.15, 0.2) is 0 Å². The Bertz CT molecular complexity index is 469. The van der Waals surface area contributed by atoms with Crippen LogP contribution in [0.25, 0.3) is 10.9 Å². The number of para-hydroxylation sites is 1. The maximum atomic E-state index is 9.11. The van der Waals surface area contributed by atoms with Crippen LogP contribution in [0.15, 0.2) is 30.3 Å². The maximum Gasteiger partial charge on any atom is 0.0885 e. The van der Waals surface area contributed by atoms with Gasteiger partial charge in [0.05, 0.1) is 12.0 Å². The van der Waals surface area contributed by atoms with Crippen LogP contribution in [0.2, 0.25) is 0 Å². The number of aromatic amines is 1. The molecule has 76 valence electrons. The van der Waals surface area contributed by atoms with Gasteiger partial charge < -0.3 is 4.98 Å². The van der Waals surface area contributed by atoms with Crippen LogP contribution >= 0.6 is 0 Å². The molecule has 2 nitrogen and oxygen atoms in total. The Morgan fingerprint density at radius 1 is 1.27 bits per heavy atom. The first-order valence-electron chi connectivity index (χ1n) is 5.19. The average Bonchev–Trinajstić information content (AvgIpc) is 2.61. The number of aromatic nitrogens is 1. The lowest BCUT2D eigenvalue weighted by molar-refractivity contribution is 0.578. The molecule has 1 aromatic carbocycles. The van der Waals surface area contributed by atoms with Crippen LogP contribution in [0.4, 0.5) is 0 Å². The molecule has 0 amide bonds. The molecule has 0 bridgehead atoms. The van der Waals surface area contributed by atoms with E-state index < -0.39 is 0 Å². The number of benzene rings is 1. The van der Waals surface area contributed by atoms with E-state index in [1.807, 2.05) is 18.2 Å². The third-order valence-corrected chi connectivity index (χ3v) is 2.69. The van der Waals surface area contributed by atoms with Gasteiger partial charge in [-0.25, -0.2) is 0 Å². The van der Waals surface area contributed by atoms with Gasteiger partial charge in [0, 0.05) is 11.2 Å². The minimum absolute atomic E-state index is 0.0441. The van der Waals surface area contributed by atoms with E-state index in [9.17, 15) is 0 Å². The first-order chi connectivity index (χ1) is 7.22. The fourth-order valence-corrected chi connectivity index (χ4v) is 1.84. The van der Waals surface area contributed by atoms with Crippen molar-refractivity contribution >= 4 is 10.9 Å². The fourth-order valence-electron chi connectivity index (χ4n) is 1.84. The summed E-state index contributed by atoms with van der Waals surface area (Å²) in [5.74, 6) is 0.292. The zero-order valence-electron chi connectivity index (χ0n) is 8.99. The van der Waals surface area contributed by atoms with Crippen molar-refractivity contribution in [3.8, 4) is 6.07 Å². The van der Waals surface area contributed by atoms with Crippen LogP contribution in [0.5, 0.6) is 0 Å². The van der Waals surface area contributed by atoms with Gasteiger partial charge in [-0.3, -0.25) is 0 Å². The summed E-state index contributed by atoms with van der Waals surface area (Å²) in [7, 11) is 0. The Morgan fingerprint density at radius 2 is 2.00 bits per heavy atom. The highest BCUT2D eigenvalue weighted by Gasteiger charge is 2.16. The highest BCUT2D eigenvalue weighted by molar-refractivity contribution is 5.80. The number of fused-ring (bicyclic) bond motifs is 1. The highest BCUT2D eigenvalue weighted by Crippen LogP contribution is 2.26. The molecule has 0 spiro atoms. The molecule has 1 unspecified atom stereocenters. The highest BCUT2D eigenvalue weighted by atomic mass is 14.7. The molecule has 1 heterocycles. The summed E-state index contributed by atoms with van der Waals surface area (Å²) in [4.78, 5) is 3.31. The van der Waals surface area contributed by atoms with Crippen molar-refractivity contribution in [2.45, 2.75) is 19.8 Å². The van der Waals surface area contributed by atoms with E-state index in [0.717, 1.165) is 11.2 Å². The summed E-state index contributed by atoms with van der Waals surface area (Å²) in [5.41, 5.74) is 2.13. The van der Waals surface area contributed by atoms with Crippen LogP contribution in [-0.2, 0) is 0 Å². The molecule has 1 atom stereocenters. The van der Waals surface area contributed by atoms with E-state index in [2.05, 4.69) is 37.0 Å².